The summed E-state index contributed by atoms with van der Waals surface area (Å²) >= 11 is 0. The molecule has 0 fully saturated rings. The summed E-state index contributed by atoms with van der Waals surface area (Å²) in [6.45, 7) is 0. The SMILES string of the molecule is Nc1ccc(-c2nc3nc(Nc4ccncc4)ccc3[nH]2)cc1. The highest BCUT2D eigenvalue weighted by Gasteiger charge is 2.07. The minimum Gasteiger partial charge on any atom is -0.399 e. The zero-order valence-corrected chi connectivity index (χ0v) is 12.2. The molecule has 0 radical (unpaired) electrons. The average Bonchev–Trinajstić information content (AvgIpc) is 3.00. The van der Waals surface area contributed by atoms with Gasteiger partial charge in [-0.25, -0.2) is 9.97 Å². The zero-order chi connectivity index (χ0) is 15.6. The van der Waals surface area contributed by atoms with E-state index < -0.39 is 0 Å². The maximum Gasteiger partial charge on any atom is 0.180 e. The lowest BCUT2D eigenvalue weighted by Crippen LogP contribution is -1.93. The van der Waals surface area contributed by atoms with Crippen LogP contribution in [-0.2, 0) is 0 Å². The number of fused-ring (bicyclic) bond motifs is 1. The molecule has 0 bridgehead atoms. The van der Waals surface area contributed by atoms with Gasteiger partial charge in [0.25, 0.3) is 0 Å². The molecule has 4 aromatic rings. The van der Waals surface area contributed by atoms with E-state index in [2.05, 4.69) is 25.3 Å². The van der Waals surface area contributed by atoms with Crippen LogP contribution in [0.3, 0.4) is 0 Å². The van der Waals surface area contributed by atoms with Crippen molar-refractivity contribution in [2.24, 2.45) is 0 Å². The fraction of sp³-hybridized carbons (Fsp3) is 0. The number of nitrogens with two attached hydrogens (primary N) is 1. The molecule has 4 N–H and O–H groups in total. The lowest BCUT2D eigenvalue weighted by Gasteiger charge is -2.03. The first-order chi connectivity index (χ1) is 11.3. The minimum atomic E-state index is 0.663. The number of H-pyrrole nitrogens is 1. The predicted octanol–water partition coefficient (Wildman–Crippen LogP) is 3.35. The van der Waals surface area contributed by atoms with Crippen molar-refractivity contribution in [2.75, 3.05) is 11.1 Å². The number of benzene rings is 1. The molecule has 23 heavy (non-hydrogen) atoms. The molecule has 0 amide bonds. The van der Waals surface area contributed by atoms with Crippen molar-refractivity contribution in [3.63, 3.8) is 0 Å². The van der Waals surface area contributed by atoms with Crippen molar-refractivity contribution in [3.05, 3.63) is 60.9 Å². The number of anilines is 3. The molecule has 0 unspecified atom stereocenters. The number of nitrogens with one attached hydrogen (secondary N) is 2. The Bertz CT molecular complexity index is 944. The first-order valence-electron chi connectivity index (χ1n) is 7.18. The van der Waals surface area contributed by atoms with Crippen molar-refractivity contribution < 1.29 is 0 Å². The van der Waals surface area contributed by atoms with Gasteiger partial charge in [-0.05, 0) is 48.5 Å². The van der Waals surface area contributed by atoms with Crippen LogP contribution in [0.15, 0.2) is 60.9 Å². The van der Waals surface area contributed by atoms with Gasteiger partial charge in [0.2, 0.25) is 0 Å². The number of hydrogen-bond acceptors (Lipinski definition) is 5. The standard InChI is InChI=1S/C17H14N6/c18-12-3-1-11(2-4-12)16-21-14-5-6-15(22-17(14)23-16)20-13-7-9-19-10-8-13/h1-10H,18H2,(H2,19,20,21,22,23). The van der Waals surface area contributed by atoms with Crippen molar-refractivity contribution in [3.8, 4) is 11.4 Å². The van der Waals surface area contributed by atoms with E-state index in [1.165, 1.54) is 0 Å². The van der Waals surface area contributed by atoms with E-state index in [-0.39, 0.29) is 0 Å². The molecule has 0 saturated heterocycles. The third-order valence-corrected chi connectivity index (χ3v) is 3.48. The van der Waals surface area contributed by atoms with Gasteiger partial charge in [-0.2, -0.15) is 0 Å². The summed E-state index contributed by atoms with van der Waals surface area (Å²) in [5.74, 6) is 1.51. The van der Waals surface area contributed by atoms with Gasteiger partial charge in [0.1, 0.15) is 11.6 Å². The van der Waals surface area contributed by atoms with Crippen molar-refractivity contribution in [2.45, 2.75) is 0 Å². The summed E-state index contributed by atoms with van der Waals surface area (Å²) in [6.07, 6.45) is 3.46. The Morgan fingerprint density at radius 2 is 1.65 bits per heavy atom. The highest BCUT2D eigenvalue weighted by atomic mass is 15.1. The van der Waals surface area contributed by atoms with E-state index in [4.69, 9.17) is 5.73 Å². The number of rotatable bonds is 3. The van der Waals surface area contributed by atoms with Crippen LogP contribution in [0.25, 0.3) is 22.6 Å². The van der Waals surface area contributed by atoms with Gasteiger partial charge in [0.15, 0.2) is 5.65 Å². The third-order valence-electron chi connectivity index (χ3n) is 3.48. The molecule has 112 valence electrons. The van der Waals surface area contributed by atoms with Crippen LogP contribution in [0.2, 0.25) is 0 Å². The molecule has 0 saturated carbocycles. The normalized spacial score (nSPS) is 10.8. The first-order valence-corrected chi connectivity index (χ1v) is 7.18. The summed E-state index contributed by atoms with van der Waals surface area (Å²) in [6, 6.07) is 15.2. The predicted molar refractivity (Wildman–Crippen MR) is 91.3 cm³/mol. The van der Waals surface area contributed by atoms with Gasteiger partial charge in [-0.3, -0.25) is 4.98 Å². The summed E-state index contributed by atoms with van der Waals surface area (Å²) < 4.78 is 0. The number of aromatic amines is 1. The second kappa shape index (κ2) is 5.42. The molecular formula is C17H14N6. The molecule has 4 rings (SSSR count). The Hall–Kier alpha value is -3.41. The maximum absolute atomic E-state index is 5.72. The highest BCUT2D eigenvalue weighted by Crippen LogP contribution is 2.22. The minimum absolute atomic E-state index is 0.663. The van der Waals surface area contributed by atoms with Crippen LogP contribution >= 0.6 is 0 Å². The number of aromatic nitrogens is 4. The topological polar surface area (TPSA) is 92.5 Å². The van der Waals surface area contributed by atoms with Crippen LogP contribution in [0.1, 0.15) is 0 Å². The number of imidazole rings is 1. The number of hydrogen-bond donors (Lipinski definition) is 3. The number of nitrogen functional groups attached to an aromatic ring is 1. The summed E-state index contributed by atoms with van der Waals surface area (Å²) in [5, 5.41) is 3.23. The van der Waals surface area contributed by atoms with Crippen molar-refractivity contribution in [1.29, 1.82) is 0 Å². The van der Waals surface area contributed by atoms with Crippen LogP contribution in [0.4, 0.5) is 17.2 Å². The van der Waals surface area contributed by atoms with Gasteiger partial charge in [0, 0.05) is 29.3 Å². The van der Waals surface area contributed by atoms with E-state index in [9.17, 15) is 0 Å². The lowest BCUT2D eigenvalue weighted by molar-refractivity contribution is 1.28. The Balaban J connectivity index is 1.68. The van der Waals surface area contributed by atoms with E-state index in [0.717, 1.165) is 34.1 Å². The fourth-order valence-corrected chi connectivity index (χ4v) is 2.32. The zero-order valence-electron chi connectivity index (χ0n) is 12.2. The molecule has 6 nitrogen and oxygen atoms in total. The van der Waals surface area contributed by atoms with E-state index in [0.29, 0.717) is 5.65 Å². The molecule has 6 heteroatoms. The summed E-state index contributed by atoms with van der Waals surface area (Å²) in [7, 11) is 0. The Labute approximate surface area is 132 Å². The van der Waals surface area contributed by atoms with Crippen LogP contribution in [0.5, 0.6) is 0 Å². The molecule has 0 atom stereocenters. The second-order valence-electron chi connectivity index (χ2n) is 5.14. The summed E-state index contributed by atoms with van der Waals surface area (Å²) in [5.41, 5.74) is 9.90. The molecule has 0 aliphatic carbocycles. The Morgan fingerprint density at radius 3 is 2.43 bits per heavy atom. The van der Waals surface area contributed by atoms with Crippen molar-refractivity contribution >= 4 is 28.4 Å². The molecule has 0 aliphatic rings. The number of pyridine rings is 2. The van der Waals surface area contributed by atoms with Gasteiger partial charge in [-0.15, -0.1) is 0 Å². The molecule has 0 spiro atoms. The lowest BCUT2D eigenvalue weighted by atomic mass is 10.2. The van der Waals surface area contributed by atoms with Gasteiger partial charge < -0.3 is 16.0 Å². The smallest absolute Gasteiger partial charge is 0.180 e. The highest BCUT2D eigenvalue weighted by molar-refractivity contribution is 5.78. The van der Waals surface area contributed by atoms with E-state index >= 15 is 0 Å². The van der Waals surface area contributed by atoms with Crippen LogP contribution in [-0.4, -0.2) is 19.9 Å². The van der Waals surface area contributed by atoms with Gasteiger partial charge in [0.05, 0.1) is 5.52 Å². The molecule has 0 aliphatic heterocycles. The fourth-order valence-electron chi connectivity index (χ4n) is 2.32. The first kappa shape index (κ1) is 13.3. The van der Waals surface area contributed by atoms with Gasteiger partial charge in [-0.1, -0.05) is 0 Å². The number of nitrogens with zero attached hydrogens (tertiary/aromatic N) is 3. The molecule has 3 heterocycles. The van der Waals surface area contributed by atoms with Crippen LogP contribution < -0.4 is 11.1 Å². The van der Waals surface area contributed by atoms with Crippen molar-refractivity contribution in [1.82, 2.24) is 19.9 Å². The average molecular weight is 302 g/mol. The van der Waals surface area contributed by atoms with E-state index in [1.54, 1.807) is 12.4 Å². The quantitative estimate of drug-likeness (QED) is 0.505. The summed E-state index contributed by atoms with van der Waals surface area (Å²) in [4.78, 5) is 16.4. The molecule has 1 aromatic carbocycles. The second-order valence-corrected chi connectivity index (χ2v) is 5.14. The van der Waals surface area contributed by atoms with Crippen LogP contribution in [0, 0.1) is 0 Å². The maximum atomic E-state index is 5.72. The molecule has 3 aromatic heterocycles. The molecular weight excluding hydrogens is 288 g/mol. The van der Waals surface area contributed by atoms with E-state index in [1.807, 2.05) is 48.5 Å². The van der Waals surface area contributed by atoms with Gasteiger partial charge >= 0.3 is 0 Å². The monoisotopic (exact) mass is 302 g/mol. The Morgan fingerprint density at radius 1 is 0.870 bits per heavy atom. The Kier molecular flexibility index (Phi) is 3.12. The third kappa shape index (κ3) is 2.69. The largest absolute Gasteiger partial charge is 0.399 e.